The number of aryl methyl sites for hydroxylation is 2. The van der Waals surface area contributed by atoms with Crippen LogP contribution >= 0.6 is 0 Å². The van der Waals surface area contributed by atoms with Crippen LogP contribution in [0, 0.1) is 6.92 Å². The molecule has 1 aliphatic carbocycles. The number of hydrogen-bond donors (Lipinski definition) is 1. The number of benzene rings is 1. The van der Waals surface area contributed by atoms with Crippen LogP contribution in [0.15, 0.2) is 30.7 Å². The molecule has 0 radical (unpaired) electrons. The second-order valence-electron chi connectivity index (χ2n) is 5.49. The Bertz CT molecular complexity index is 817. The Morgan fingerprint density at radius 2 is 2.15 bits per heavy atom. The Balaban J connectivity index is 1.97. The fraction of sp³-hybridized carbons (Fsp3) is 0.250. The minimum absolute atomic E-state index is 0.849. The highest BCUT2D eigenvalue weighted by Crippen LogP contribution is 2.38. The molecule has 1 aliphatic rings. The summed E-state index contributed by atoms with van der Waals surface area (Å²) in [4.78, 5) is 0. The van der Waals surface area contributed by atoms with E-state index in [9.17, 15) is 0 Å². The van der Waals surface area contributed by atoms with Crippen molar-refractivity contribution in [2.24, 2.45) is 0 Å². The molecule has 0 saturated carbocycles. The number of fused-ring (bicyclic) bond motifs is 2. The van der Waals surface area contributed by atoms with Crippen molar-refractivity contribution in [3.05, 3.63) is 47.4 Å². The Morgan fingerprint density at radius 3 is 3.05 bits per heavy atom. The summed E-state index contributed by atoms with van der Waals surface area (Å²) in [6, 6.07) is 6.42. The highest BCUT2D eigenvalue weighted by molar-refractivity contribution is 5.84. The van der Waals surface area contributed by atoms with E-state index < -0.39 is 0 Å². The molecule has 20 heavy (non-hydrogen) atoms. The van der Waals surface area contributed by atoms with Crippen LogP contribution in [-0.4, -0.2) is 14.6 Å². The number of hydrogen-bond acceptors (Lipinski definition) is 3. The van der Waals surface area contributed by atoms with E-state index in [1.807, 2.05) is 16.7 Å². The molecule has 2 aromatic heterocycles. The third kappa shape index (κ3) is 1.54. The van der Waals surface area contributed by atoms with Crippen LogP contribution < -0.4 is 5.73 Å². The van der Waals surface area contributed by atoms with Gasteiger partial charge in [-0.15, -0.1) is 10.2 Å². The highest BCUT2D eigenvalue weighted by atomic mass is 15.2. The Hall–Kier alpha value is -2.36. The largest absolute Gasteiger partial charge is 0.398 e. The van der Waals surface area contributed by atoms with Crippen LogP contribution in [-0.2, 0) is 12.8 Å². The molecule has 100 valence electrons. The first-order chi connectivity index (χ1) is 9.74. The summed E-state index contributed by atoms with van der Waals surface area (Å²) in [5.74, 6) is 0. The lowest BCUT2D eigenvalue weighted by atomic mass is 9.93. The van der Waals surface area contributed by atoms with Crippen molar-refractivity contribution < 1.29 is 0 Å². The van der Waals surface area contributed by atoms with Crippen LogP contribution in [0.1, 0.15) is 23.1 Å². The van der Waals surface area contributed by atoms with Gasteiger partial charge in [0.15, 0.2) is 5.65 Å². The fourth-order valence-electron chi connectivity index (χ4n) is 3.29. The summed E-state index contributed by atoms with van der Waals surface area (Å²) in [5, 5.41) is 8.03. The lowest BCUT2D eigenvalue weighted by Gasteiger charge is -2.14. The minimum atomic E-state index is 0.849. The fourth-order valence-corrected chi connectivity index (χ4v) is 3.29. The van der Waals surface area contributed by atoms with Gasteiger partial charge in [0.05, 0.1) is 0 Å². The number of nitrogens with zero attached hydrogens (tertiary/aromatic N) is 3. The maximum atomic E-state index is 6.44. The van der Waals surface area contributed by atoms with Gasteiger partial charge in [0.1, 0.15) is 6.33 Å². The molecular weight excluding hydrogens is 248 g/mol. The summed E-state index contributed by atoms with van der Waals surface area (Å²) in [5.41, 5.74) is 14.5. The van der Waals surface area contributed by atoms with Crippen molar-refractivity contribution in [2.75, 3.05) is 5.73 Å². The average Bonchev–Trinajstić information content (AvgIpc) is 3.06. The van der Waals surface area contributed by atoms with Crippen molar-refractivity contribution in [2.45, 2.75) is 26.2 Å². The predicted molar refractivity (Wildman–Crippen MR) is 79.6 cm³/mol. The molecule has 4 heteroatoms. The van der Waals surface area contributed by atoms with Gasteiger partial charge < -0.3 is 5.73 Å². The normalized spacial score (nSPS) is 13.8. The summed E-state index contributed by atoms with van der Waals surface area (Å²) < 4.78 is 1.91. The number of nitrogens with two attached hydrogens (primary N) is 1. The molecule has 0 saturated heterocycles. The van der Waals surface area contributed by atoms with Gasteiger partial charge in [0.2, 0.25) is 0 Å². The van der Waals surface area contributed by atoms with Gasteiger partial charge in [-0.3, -0.25) is 4.40 Å². The van der Waals surface area contributed by atoms with Crippen LogP contribution in [0.3, 0.4) is 0 Å². The first kappa shape index (κ1) is 11.5. The number of anilines is 1. The minimum Gasteiger partial charge on any atom is -0.398 e. The first-order valence-electron chi connectivity index (χ1n) is 6.94. The van der Waals surface area contributed by atoms with E-state index in [4.69, 9.17) is 5.73 Å². The summed E-state index contributed by atoms with van der Waals surface area (Å²) in [7, 11) is 0. The van der Waals surface area contributed by atoms with Crippen molar-refractivity contribution in [3.8, 4) is 11.1 Å². The van der Waals surface area contributed by atoms with Gasteiger partial charge in [-0.1, -0.05) is 6.07 Å². The maximum absolute atomic E-state index is 6.44. The van der Waals surface area contributed by atoms with E-state index in [-0.39, 0.29) is 0 Å². The van der Waals surface area contributed by atoms with Crippen molar-refractivity contribution >= 4 is 11.3 Å². The molecule has 4 rings (SSSR count). The Morgan fingerprint density at radius 1 is 1.25 bits per heavy atom. The summed E-state index contributed by atoms with van der Waals surface area (Å²) >= 11 is 0. The third-order valence-electron chi connectivity index (χ3n) is 4.23. The van der Waals surface area contributed by atoms with E-state index in [0.29, 0.717) is 0 Å². The molecular formula is C16H16N4. The lowest BCUT2D eigenvalue weighted by molar-refractivity contribution is 0.912. The molecule has 0 aliphatic heterocycles. The molecule has 0 atom stereocenters. The van der Waals surface area contributed by atoms with Crippen LogP contribution in [0.4, 0.5) is 5.69 Å². The number of pyridine rings is 1. The number of rotatable bonds is 1. The molecule has 0 unspecified atom stereocenters. The molecule has 1 aromatic carbocycles. The van der Waals surface area contributed by atoms with Gasteiger partial charge in [-0.25, -0.2) is 0 Å². The number of aromatic nitrogens is 3. The number of nitrogen functional groups attached to an aromatic ring is 1. The quantitative estimate of drug-likeness (QED) is 0.688. The lowest BCUT2D eigenvalue weighted by Crippen LogP contribution is -2.00. The van der Waals surface area contributed by atoms with Crippen molar-refractivity contribution in [1.29, 1.82) is 0 Å². The molecule has 0 fully saturated rings. The Kier molecular flexibility index (Phi) is 2.33. The summed E-state index contributed by atoms with van der Waals surface area (Å²) in [6.45, 7) is 2.14. The zero-order valence-electron chi connectivity index (χ0n) is 11.4. The standard InChI is InChI=1S/C16H16N4/c1-10-7-11-3-2-4-13(11)16(17)15(10)12-5-6-20-9-18-19-14(20)8-12/h5-9H,2-4,17H2,1H3. The summed E-state index contributed by atoms with van der Waals surface area (Å²) in [6.07, 6.45) is 7.16. The van der Waals surface area contributed by atoms with E-state index in [0.717, 1.165) is 35.3 Å². The maximum Gasteiger partial charge on any atom is 0.161 e. The van der Waals surface area contributed by atoms with Gasteiger partial charge >= 0.3 is 0 Å². The van der Waals surface area contributed by atoms with Crippen molar-refractivity contribution in [3.63, 3.8) is 0 Å². The second kappa shape index (κ2) is 4.07. The second-order valence-corrected chi connectivity index (χ2v) is 5.49. The zero-order chi connectivity index (χ0) is 13.7. The van der Waals surface area contributed by atoms with Crippen LogP contribution in [0.2, 0.25) is 0 Å². The molecule has 2 heterocycles. The van der Waals surface area contributed by atoms with Crippen LogP contribution in [0.5, 0.6) is 0 Å². The molecule has 4 nitrogen and oxygen atoms in total. The molecule has 0 amide bonds. The van der Waals surface area contributed by atoms with Gasteiger partial charge in [0, 0.05) is 17.4 Å². The topological polar surface area (TPSA) is 56.2 Å². The zero-order valence-corrected chi connectivity index (χ0v) is 11.4. The van der Waals surface area contributed by atoms with Crippen molar-refractivity contribution in [1.82, 2.24) is 14.6 Å². The van der Waals surface area contributed by atoms with Gasteiger partial charge in [0.25, 0.3) is 0 Å². The SMILES string of the molecule is Cc1cc2c(c(N)c1-c1ccn3cnnc3c1)CCC2. The highest BCUT2D eigenvalue weighted by Gasteiger charge is 2.19. The Labute approximate surface area is 117 Å². The third-order valence-corrected chi connectivity index (χ3v) is 4.23. The molecule has 0 bridgehead atoms. The van der Waals surface area contributed by atoms with E-state index in [1.165, 1.54) is 23.1 Å². The smallest absolute Gasteiger partial charge is 0.161 e. The van der Waals surface area contributed by atoms with E-state index in [1.54, 1.807) is 6.33 Å². The monoisotopic (exact) mass is 264 g/mol. The molecule has 2 N–H and O–H groups in total. The van der Waals surface area contributed by atoms with E-state index >= 15 is 0 Å². The molecule has 3 aromatic rings. The first-order valence-corrected chi connectivity index (χ1v) is 6.94. The average molecular weight is 264 g/mol. The van der Waals surface area contributed by atoms with Crippen LogP contribution in [0.25, 0.3) is 16.8 Å². The van der Waals surface area contributed by atoms with Gasteiger partial charge in [-0.2, -0.15) is 0 Å². The predicted octanol–water partition coefficient (Wildman–Crippen LogP) is 2.78. The van der Waals surface area contributed by atoms with E-state index in [2.05, 4.69) is 29.3 Å². The molecule has 0 spiro atoms. The van der Waals surface area contributed by atoms with Gasteiger partial charge in [-0.05, 0) is 60.6 Å².